The average Bonchev–Trinajstić information content (AvgIpc) is 2.88. The molecule has 4 N–H and O–H groups in total. The van der Waals surface area contributed by atoms with E-state index in [-0.39, 0.29) is 23.7 Å². The molecule has 0 aliphatic rings. The van der Waals surface area contributed by atoms with Crippen molar-refractivity contribution in [3.63, 3.8) is 0 Å². The Balaban J connectivity index is 0.000000310. The van der Waals surface area contributed by atoms with Gasteiger partial charge in [-0.05, 0) is 47.9 Å². The number of ether oxygens (including phenoxy) is 1. The molecule has 178 valence electrons. The maximum absolute atomic E-state index is 12.0. The van der Waals surface area contributed by atoms with Gasteiger partial charge in [0.25, 0.3) is 11.8 Å². The number of hydrogen-bond acceptors (Lipinski definition) is 7. The van der Waals surface area contributed by atoms with E-state index in [0.717, 1.165) is 17.7 Å². The second-order valence-corrected chi connectivity index (χ2v) is 7.30. The van der Waals surface area contributed by atoms with Gasteiger partial charge in [0.15, 0.2) is 5.78 Å². The zero-order valence-corrected chi connectivity index (χ0v) is 19.5. The van der Waals surface area contributed by atoms with Crippen LogP contribution in [-0.4, -0.2) is 34.7 Å². The van der Waals surface area contributed by atoms with E-state index in [1.807, 2.05) is 17.6 Å². The number of nitrogens with two attached hydrogens (primary N) is 1. The molecule has 9 heteroatoms. The Kier molecular flexibility index (Phi) is 10.3. The predicted molar refractivity (Wildman–Crippen MR) is 128 cm³/mol. The van der Waals surface area contributed by atoms with Gasteiger partial charge in [-0.25, -0.2) is 15.8 Å². The molecule has 0 unspecified atom stereocenters. The van der Waals surface area contributed by atoms with Crippen LogP contribution in [0.2, 0.25) is 0 Å². The number of nitrogen functional groups attached to an aromatic ring is 1. The van der Waals surface area contributed by atoms with Gasteiger partial charge in [-0.1, -0.05) is 37.6 Å². The maximum atomic E-state index is 12.0. The number of aryl methyl sites for hydroxylation is 1. The zero-order valence-electron chi connectivity index (χ0n) is 19.5. The molecule has 0 spiro atoms. The molecule has 3 rings (SSSR count). The van der Waals surface area contributed by atoms with Crippen LogP contribution in [0.1, 0.15) is 62.7 Å². The number of hydrazine groups is 1. The third-order valence-corrected chi connectivity index (χ3v) is 4.73. The van der Waals surface area contributed by atoms with E-state index in [2.05, 4.69) is 34.3 Å². The van der Waals surface area contributed by atoms with Crippen molar-refractivity contribution in [1.29, 1.82) is 0 Å². The van der Waals surface area contributed by atoms with Crippen molar-refractivity contribution in [3.05, 3.63) is 89.0 Å². The summed E-state index contributed by atoms with van der Waals surface area (Å²) < 4.78 is 5.10. The van der Waals surface area contributed by atoms with Crippen LogP contribution >= 0.6 is 0 Å². The molecule has 0 saturated carbocycles. The minimum atomic E-state index is -0.418. The molecule has 34 heavy (non-hydrogen) atoms. The van der Waals surface area contributed by atoms with Gasteiger partial charge in [-0.15, -0.1) is 0 Å². The molecule has 0 radical (unpaired) electrons. The lowest BCUT2D eigenvalue weighted by atomic mass is 10.1. The highest BCUT2D eigenvalue weighted by Crippen LogP contribution is 2.13. The van der Waals surface area contributed by atoms with Crippen LogP contribution in [0.15, 0.2) is 60.9 Å². The zero-order chi connectivity index (χ0) is 24.9. The highest BCUT2D eigenvalue weighted by atomic mass is 16.5. The number of hydrogen-bond donors (Lipinski definition) is 3. The molecule has 0 aliphatic heterocycles. The van der Waals surface area contributed by atoms with E-state index in [1.54, 1.807) is 31.4 Å². The topological polar surface area (TPSA) is 136 Å². The highest BCUT2D eigenvalue weighted by Gasteiger charge is 2.11. The van der Waals surface area contributed by atoms with Crippen LogP contribution in [-0.2, 0) is 13.0 Å². The van der Waals surface area contributed by atoms with Crippen molar-refractivity contribution in [3.8, 4) is 5.75 Å². The number of methoxy groups -OCH3 is 1. The number of carbonyl (C=O) groups excluding carboxylic acids is 3. The summed E-state index contributed by atoms with van der Waals surface area (Å²) in [5.74, 6) is 4.95. The minimum absolute atomic E-state index is 0.115. The summed E-state index contributed by atoms with van der Waals surface area (Å²) in [7, 11) is 1.70. The van der Waals surface area contributed by atoms with E-state index in [1.165, 1.54) is 31.3 Å². The summed E-state index contributed by atoms with van der Waals surface area (Å²) in [6.07, 6.45) is 3.50. The van der Waals surface area contributed by atoms with Gasteiger partial charge < -0.3 is 10.1 Å². The molecular weight excluding hydrogens is 434 g/mol. The van der Waals surface area contributed by atoms with Gasteiger partial charge in [0.05, 0.1) is 7.11 Å². The van der Waals surface area contributed by atoms with Gasteiger partial charge in [0.1, 0.15) is 23.5 Å². The number of nitrogens with one attached hydrogen (secondary N) is 2. The number of carbonyl (C=O) groups is 3. The lowest BCUT2D eigenvalue weighted by Crippen LogP contribution is -2.30. The first-order valence-corrected chi connectivity index (χ1v) is 10.7. The van der Waals surface area contributed by atoms with Gasteiger partial charge in [0.2, 0.25) is 0 Å². The fraction of sp³-hybridized carbons (Fsp3) is 0.240. The molecule has 0 saturated heterocycles. The third kappa shape index (κ3) is 8.10. The predicted octanol–water partition coefficient (Wildman–Crippen LogP) is 2.86. The van der Waals surface area contributed by atoms with E-state index >= 15 is 0 Å². The summed E-state index contributed by atoms with van der Waals surface area (Å²) in [6.45, 7) is 3.80. The summed E-state index contributed by atoms with van der Waals surface area (Å²) in [5, 5.41) is 2.68. The normalized spacial score (nSPS) is 9.88. The molecule has 0 atom stereocenters. The van der Waals surface area contributed by atoms with Crippen LogP contribution < -0.4 is 21.3 Å². The quantitative estimate of drug-likeness (QED) is 0.202. The Morgan fingerprint density at radius 3 is 2.26 bits per heavy atom. The Morgan fingerprint density at radius 2 is 1.65 bits per heavy atom. The lowest BCUT2D eigenvalue weighted by molar-refractivity contribution is 0.0939. The first kappa shape index (κ1) is 26.1. The van der Waals surface area contributed by atoms with Crippen LogP contribution in [0.4, 0.5) is 0 Å². The smallest absolute Gasteiger partial charge is 0.270 e. The molecule has 9 nitrogen and oxygen atoms in total. The third-order valence-electron chi connectivity index (χ3n) is 4.73. The van der Waals surface area contributed by atoms with Crippen molar-refractivity contribution in [2.45, 2.75) is 33.2 Å². The SMILES string of the molecule is CC(=O)c1cc(C(=O)NCc2ccc(C(=O)NN)cc2)ncn1.CCCc1cccc(OC)c1. The highest BCUT2D eigenvalue weighted by molar-refractivity contribution is 5.97. The molecule has 1 heterocycles. The number of Topliss-reactive ketones (excluding diaryl/α,β-unsaturated/α-hetero) is 1. The monoisotopic (exact) mass is 463 g/mol. The number of benzene rings is 2. The van der Waals surface area contributed by atoms with Crippen molar-refractivity contribution in [1.82, 2.24) is 20.7 Å². The molecule has 0 aliphatic carbocycles. The van der Waals surface area contributed by atoms with E-state index in [0.29, 0.717) is 5.56 Å². The maximum Gasteiger partial charge on any atom is 0.270 e. The molecule has 2 amide bonds. The first-order valence-electron chi connectivity index (χ1n) is 10.7. The number of nitrogens with zero attached hydrogens (tertiary/aromatic N) is 2. The Labute approximate surface area is 198 Å². The first-order chi connectivity index (χ1) is 16.4. The Hall–Kier alpha value is -4.11. The Morgan fingerprint density at radius 1 is 0.941 bits per heavy atom. The largest absolute Gasteiger partial charge is 0.497 e. The molecular formula is C25H29N5O4. The van der Waals surface area contributed by atoms with E-state index in [9.17, 15) is 14.4 Å². The standard InChI is InChI=1S/C15H15N5O3.C10H14O/c1-9(21)12-6-13(19-8-18-12)15(23)17-7-10-2-4-11(5-3-10)14(22)20-16;1-3-5-9-6-4-7-10(8-9)11-2/h2-6,8H,7,16H2,1H3,(H,17,23)(H,20,22);4,6-8H,3,5H2,1-2H3. The second kappa shape index (κ2) is 13.4. The van der Waals surface area contributed by atoms with Gasteiger partial charge >= 0.3 is 0 Å². The van der Waals surface area contributed by atoms with Crippen molar-refractivity contribution < 1.29 is 19.1 Å². The summed E-state index contributed by atoms with van der Waals surface area (Å²) in [4.78, 5) is 42.2. The summed E-state index contributed by atoms with van der Waals surface area (Å²) >= 11 is 0. The van der Waals surface area contributed by atoms with Gasteiger partial charge in [-0.3, -0.25) is 19.8 Å². The molecule has 2 aromatic carbocycles. The fourth-order valence-electron chi connectivity index (χ4n) is 2.92. The summed E-state index contributed by atoms with van der Waals surface area (Å²) in [5.41, 5.74) is 4.91. The lowest BCUT2D eigenvalue weighted by Gasteiger charge is -2.06. The van der Waals surface area contributed by atoms with Crippen LogP contribution in [0.25, 0.3) is 0 Å². The summed E-state index contributed by atoms with van der Waals surface area (Å²) in [6, 6.07) is 16.2. The average molecular weight is 464 g/mol. The van der Waals surface area contributed by atoms with Crippen LogP contribution in [0.3, 0.4) is 0 Å². The number of ketones is 1. The fourth-order valence-corrected chi connectivity index (χ4v) is 2.92. The number of rotatable bonds is 8. The number of aromatic nitrogens is 2. The second-order valence-electron chi connectivity index (χ2n) is 7.30. The van der Waals surface area contributed by atoms with Crippen molar-refractivity contribution >= 4 is 17.6 Å². The minimum Gasteiger partial charge on any atom is -0.497 e. The molecule has 1 aromatic heterocycles. The Bertz CT molecular complexity index is 1120. The molecule has 0 fully saturated rings. The van der Waals surface area contributed by atoms with Gasteiger partial charge in [0, 0.05) is 19.0 Å². The van der Waals surface area contributed by atoms with E-state index < -0.39 is 11.8 Å². The van der Waals surface area contributed by atoms with Crippen molar-refractivity contribution in [2.75, 3.05) is 7.11 Å². The molecule has 0 bridgehead atoms. The molecule has 3 aromatic rings. The van der Waals surface area contributed by atoms with Crippen LogP contribution in [0.5, 0.6) is 5.75 Å². The van der Waals surface area contributed by atoms with Gasteiger partial charge in [-0.2, -0.15) is 0 Å². The number of amides is 2. The van der Waals surface area contributed by atoms with Crippen molar-refractivity contribution in [2.24, 2.45) is 5.84 Å². The van der Waals surface area contributed by atoms with Crippen LogP contribution in [0, 0.1) is 0 Å². The van der Waals surface area contributed by atoms with E-state index in [4.69, 9.17) is 10.6 Å².